The molecule has 0 aromatic carbocycles. The van der Waals surface area contributed by atoms with Gasteiger partial charge in [-0.1, -0.05) is 0 Å². The third-order valence-corrected chi connectivity index (χ3v) is 2.37. The maximum absolute atomic E-state index is 5.56. The Balaban J connectivity index is 2.61. The van der Waals surface area contributed by atoms with Crippen molar-refractivity contribution in [1.82, 2.24) is 14.4 Å². The van der Waals surface area contributed by atoms with E-state index in [9.17, 15) is 0 Å². The van der Waals surface area contributed by atoms with Gasteiger partial charge in [-0.2, -0.15) is 0 Å². The molecule has 0 aliphatic heterocycles. The van der Waals surface area contributed by atoms with E-state index in [0.717, 1.165) is 23.5 Å². The molecule has 80 valence electrons. The van der Waals surface area contributed by atoms with E-state index in [1.807, 2.05) is 17.5 Å². The van der Waals surface area contributed by atoms with Gasteiger partial charge in [-0.25, -0.2) is 9.97 Å². The fourth-order valence-corrected chi connectivity index (χ4v) is 1.65. The van der Waals surface area contributed by atoms with Crippen molar-refractivity contribution in [3.63, 3.8) is 0 Å². The van der Waals surface area contributed by atoms with E-state index in [4.69, 9.17) is 10.5 Å². The summed E-state index contributed by atoms with van der Waals surface area (Å²) in [5.41, 5.74) is 8.51. The molecule has 5 heteroatoms. The molecule has 0 saturated heterocycles. The minimum atomic E-state index is 0.582. The van der Waals surface area contributed by atoms with Crippen LogP contribution in [0.15, 0.2) is 12.4 Å². The van der Waals surface area contributed by atoms with Crippen molar-refractivity contribution in [2.75, 3.05) is 13.7 Å². The maximum Gasteiger partial charge on any atom is 0.230 e. The number of nitrogens with two attached hydrogens (primary N) is 1. The Morgan fingerprint density at radius 2 is 2.33 bits per heavy atom. The number of nitrogens with zero attached hydrogens (tertiary/aromatic N) is 3. The molecule has 0 unspecified atom stereocenters. The highest BCUT2D eigenvalue weighted by Gasteiger charge is 2.08. The normalized spacial score (nSPS) is 10.9. The van der Waals surface area contributed by atoms with Gasteiger partial charge in [0, 0.05) is 12.1 Å². The van der Waals surface area contributed by atoms with Crippen LogP contribution in [0.4, 0.5) is 0 Å². The Bertz CT molecular complexity index is 477. The van der Waals surface area contributed by atoms with Crippen LogP contribution in [0.5, 0.6) is 5.88 Å². The molecule has 0 amide bonds. The van der Waals surface area contributed by atoms with Crippen LogP contribution in [0, 0.1) is 6.92 Å². The van der Waals surface area contributed by atoms with Crippen LogP contribution in [0.25, 0.3) is 5.65 Å². The number of imidazole rings is 1. The van der Waals surface area contributed by atoms with Gasteiger partial charge in [0.1, 0.15) is 0 Å². The van der Waals surface area contributed by atoms with Gasteiger partial charge in [-0.15, -0.1) is 0 Å². The molecule has 2 aromatic heterocycles. The largest absolute Gasteiger partial charge is 0.480 e. The molecule has 0 atom stereocenters. The molecule has 2 rings (SSSR count). The van der Waals surface area contributed by atoms with Crippen molar-refractivity contribution in [3.8, 4) is 5.88 Å². The highest BCUT2D eigenvalue weighted by Crippen LogP contribution is 2.14. The van der Waals surface area contributed by atoms with E-state index in [2.05, 4.69) is 9.97 Å². The molecule has 0 radical (unpaired) electrons. The van der Waals surface area contributed by atoms with Crippen LogP contribution in [-0.4, -0.2) is 28.0 Å². The lowest BCUT2D eigenvalue weighted by Gasteiger charge is -2.02. The zero-order valence-corrected chi connectivity index (χ0v) is 8.90. The summed E-state index contributed by atoms with van der Waals surface area (Å²) in [5.74, 6) is 0.582. The van der Waals surface area contributed by atoms with Gasteiger partial charge < -0.3 is 10.5 Å². The number of ether oxygens (including phenoxy) is 1. The van der Waals surface area contributed by atoms with Crippen LogP contribution in [0.2, 0.25) is 0 Å². The first-order valence-electron chi connectivity index (χ1n) is 4.84. The van der Waals surface area contributed by atoms with Crippen molar-refractivity contribution in [2.45, 2.75) is 13.3 Å². The predicted molar refractivity (Wildman–Crippen MR) is 57.0 cm³/mol. The summed E-state index contributed by atoms with van der Waals surface area (Å²) in [6.45, 7) is 2.59. The van der Waals surface area contributed by atoms with E-state index in [1.54, 1.807) is 13.3 Å². The van der Waals surface area contributed by atoms with E-state index in [1.165, 1.54) is 0 Å². The fraction of sp³-hybridized carbons (Fsp3) is 0.400. The summed E-state index contributed by atoms with van der Waals surface area (Å²) in [4.78, 5) is 8.50. The third kappa shape index (κ3) is 1.66. The van der Waals surface area contributed by atoms with Gasteiger partial charge >= 0.3 is 0 Å². The minimum Gasteiger partial charge on any atom is -0.480 e. The number of aryl methyl sites for hydroxylation is 1. The molecule has 0 fully saturated rings. The third-order valence-electron chi connectivity index (χ3n) is 2.37. The summed E-state index contributed by atoms with van der Waals surface area (Å²) in [6, 6.07) is 0. The Morgan fingerprint density at radius 3 is 3.00 bits per heavy atom. The van der Waals surface area contributed by atoms with Gasteiger partial charge in [0.2, 0.25) is 5.88 Å². The van der Waals surface area contributed by atoms with Crippen LogP contribution in [-0.2, 0) is 6.42 Å². The SMILES string of the molecule is COc1cn2c(CCN)c(C)nc2cn1. The van der Waals surface area contributed by atoms with Crippen molar-refractivity contribution in [2.24, 2.45) is 5.73 Å². The van der Waals surface area contributed by atoms with Crippen molar-refractivity contribution >= 4 is 5.65 Å². The van der Waals surface area contributed by atoms with Crippen molar-refractivity contribution in [3.05, 3.63) is 23.8 Å². The summed E-state index contributed by atoms with van der Waals surface area (Å²) >= 11 is 0. The molecular weight excluding hydrogens is 192 g/mol. The second-order valence-electron chi connectivity index (χ2n) is 3.34. The average molecular weight is 206 g/mol. The summed E-state index contributed by atoms with van der Waals surface area (Å²) in [5, 5.41) is 0. The molecule has 2 heterocycles. The Labute approximate surface area is 87.9 Å². The molecule has 2 aromatic rings. The Morgan fingerprint density at radius 1 is 1.53 bits per heavy atom. The number of hydrogen-bond acceptors (Lipinski definition) is 4. The van der Waals surface area contributed by atoms with Crippen LogP contribution in [0.1, 0.15) is 11.4 Å². The molecule has 0 saturated carbocycles. The maximum atomic E-state index is 5.56. The molecule has 0 spiro atoms. The van der Waals surface area contributed by atoms with E-state index >= 15 is 0 Å². The van der Waals surface area contributed by atoms with E-state index < -0.39 is 0 Å². The smallest absolute Gasteiger partial charge is 0.230 e. The zero-order valence-electron chi connectivity index (χ0n) is 8.90. The Kier molecular flexibility index (Phi) is 2.55. The molecule has 15 heavy (non-hydrogen) atoms. The lowest BCUT2D eigenvalue weighted by Crippen LogP contribution is -2.06. The zero-order chi connectivity index (χ0) is 10.8. The average Bonchev–Trinajstić information content (AvgIpc) is 2.55. The monoisotopic (exact) mass is 206 g/mol. The first kappa shape index (κ1) is 9.92. The lowest BCUT2D eigenvalue weighted by atomic mass is 10.2. The van der Waals surface area contributed by atoms with Gasteiger partial charge in [0.05, 0.1) is 25.2 Å². The number of hydrogen-bond donors (Lipinski definition) is 1. The van der Waals surface area contributed by atoms with Crippen LogP contribution >= 0.6 is 0 Å². The number of methoxy groups -OCH3 is 1. The van der Waals surface area contributed by atoms with Gasteiger partial charge in [0.25, 0.3) is 0 Å². The van der Waals surface area contributed by atoms with Crippen LogP contribution < -0.4 is 10.5 Å². The van der Waals surface area contributed by atoms with Crippen molar-refractivity contribution in [1.29, 1.82) is 0 Å². The van der Waals surface area contributed by atoms with Gasteiger partial charge in [-0.3, -0.25) is 4.40 Å². The van der Waals surface area contributed by atoms with Gasteiger partial charge in [0.15, 0.2) is 5.65 Å². The number of fused-ring (bicyclic) bond motifs is 1. The molecule has 0 aliphatic carbocycles. The molecule has 0 bridgehead atoms. The second-order valence-corrected chi connectivity index (χ2v) is 3.34. The highest BCUT2D eigenvalue weighted by molar-refractivity contribution is 5.42. The first-order valence-corrected chi connectivity index (χ1v) is 4.84. The summed E-state index contributed by atoms with van der Waals surface area (Å²) in [7, 11) is 1.60. The second kappa shape index (κ2) is 3.86. The molecule has 5 nitrogen and oxygen atoms in total. The standard InChI is InChI=1S/C10H14N4O/c1-7-8(3-4-11)14-6-10(15-2)12-5-9(14)13-7/h5-6H,3-4,11H2,1-2H3. The van der Waals surface area contributed by atoms with E-state index in [-0.39, 0.29) is 0 Å². The highest BCUT2D eigenvalue weighted by atomic mass is 16.5. The molecular formula is C10H14N4O. The topological polar surface area (TPSA) is 65.4 Å². The quantitative estimate of drug-likeness (QED) is 0.796. The first-order chi connectivity index (χ1) is 7.26. The summed E-state index contributed by atoms with van der Waals surface area (Å²) < 4.78 is 7.05. The molecule has 2 N–H and O–H groups in total. The number of aromatic nitrogens is 3. The van der Waals surface area contributed by atoms with E-state index in [0.29, 0.717) is 12.4 Å². The van der Waals surface area contributed by atoms with Gasteiger partial charge in [-0.05, 0) is 13.5 Å². The summed E-state index contributed by atoms with van der Waals surface area (Å²) in [6.07, 6.45) is 4.34. The lowest BCUT2D eigenvalue weighted by molar-refractivity contribution is 0.395. The van der Waals surface area contributed by atoms with Crippen LogP contribution in [0.3, 0.4) is 0 Å². The molecule has 0 aliphatic rings. The Hall–Kier alpha value is -1.62. The number of rotatable bonds is 3. The fourth-order valence-electron chi connectivity index (χ4n) is 1.65. The minimum absolute atomic E-state index is 0.582. The van der Waals surface area contributed by atoms with Crippen molar-refractivity contribution < 1.29 is 4.74 Å². The predicted octanol–water partition coefficient (Wildman–Crippen LogP) is 0.548.